The maximum atomic E-state index is 11.1. The van der Waals surface area contributed by atoms with Gasteiger partial charge in [-0.3, -0.25) is 4.79 Å². The Morgan fingerprint density at radius 2 is 1.83 bits per heavy atom. The summed E-state index contributed by atoms with van der Waals surface area (Å²) in [7, 11) is -4.82. The van der Waals surface area contributed by atoms with Crippen molar-refractivity contribution in [1.29, 1.82) is 0 Å². The number of rotatable bonds is 6. The summed E-state index contributed by atoms with van der Waals surface area (Å²) >= 11 is 0. The Labute approximate surface area is 104 Å². The van der Waals surface area contributed by atoms with E-state index in [0.29, 0.717) is 5.56 Å². The van der Waals surface area contributed by atoms with E-state index in [1.807, 2.05) is 0 Å². The lowest BCUT2D eigenvalue weighted by atomic mass is 10.1. The van der Waals surface area contributed by atoms with Crippen LogP contribution in [0.1, 0.15) is 5.56 Å². The summed E-state index contributed by atoms with van der Waals surface area (Å²) in [5.74, 6) is -1.41. The number of aliphatic hydroxyl groups excluding tert-OH is 1. The van der Waals surface area contributed by atoms with Crippen LogP contribution in [0, 0.1) is 0 Å². The molecular weight excluding hydrogens is 261 g/mol. The molecule has 0 heterocycles. The molecule has 1 rings (SSSR count). The van der Waals surface area contributed by atoms with Crippen LogP contribution < -0.4 is 0 Å². The Morgan fingerprint density at radius 1 is 1.28 bits per heavy atom. The van der Waals surface area contributed by atoms with Gasteiger partial charge in [0.2, 0.25) is 0 Å². The molecule has 18 heavy (non-hydrogen) atoms. The van der Waals surface area contributed by atoms with Crippen molar-refractivity contribution in [3.8, 4) is 0 Å². The first-order chi connectivity index (χ1) is 8.36. The smallest absolute Gasteiger partial charge is 0.405 e. The van der Waals surface area contributed by atoms with Crippen LogP contribution in [0.5, 0.6) is 0 Å². The molecule has 0 bridgehead atoms. The minimum atomic E-state index is -4.82. The highest BCUT2D eigenvalue weighted by Crippen LogP contribution is 2.41. The number of aliphatic carboxylic acids is 1. The molecule has 0 radical (unpaired) electrons. The molecule has 0 fully saturated rings. The van der Waals surface area contributed by atoms with Gasteiger partial charge < -0.3 is 20.0 Å². The van der Waals surface area contributed by atoms with Gasteiger partial charge in [-0.2, -0.15) is 4.67 Å². The van der Waals surface area contributed by atoms with Gasteiger partial charge in [-0.1, -0.05) is 30.3 Å². The predicted octanol–water partition coefficient (Wildman–Crippen LogP) is 0.0268. The highest BCUT2D eigenvalue weighted by Gasteiger charge is 2.36. The number of aliphatic hydroxyl groups is 1. The Bertz CT molecular complexity index is 445. The standard InChI is InChI=1S/C10H14NO6P/c12-7-11(18(15,16)17)9(10(13)14)6-8-4-2-1-3-5-8/h1-5,9,12H,6-7H2,(H,13,14)(H2,15,16,17). The topological polar surface area (TPSA) is 118 Å². The summed E-state index contributed by atoms with van der Waals surface area (Å²) in [5.41, 5.74) is 0.608. The van der Waals surface area contributed by atoms with E-state index in [-0.39, 0.29) is 11.1 Å². The molecule has 7 nitrogen and oxygen atoms in total. The Hall–Kier alpha value is -1.24. The summed E-state index contributed by atoms with van der Waals surface area (Å²) in [6, 6.07) is 6.92. The van der Waals surface area contributed by atoms with Gasteiger partial charge in [0.05, 0.1) is 0 Å². The number of carboxylic acids is 1. The fraction of sp³-hybridized carbons (Fsp3) is 0.300. The van der Waals surface area contributed by atoms with Crippen LogP contribution in [-0.4, -0.2) is 43.4 Å². The van der Waals surface area contributed by atoms with Crippen molar-refractivity contribution in [2.75, 3.05) is 6.73 Å². The molecule has 0 aliphatic carbocycles. The van der Waals surface area contributed by atoms with Crippen molar-refractivity contribution in [2.24, 2.45) is 0 Å². The number of benzene rings is 1. The number of hydrogen-bond acceptors (Lipinski definition) is 3. The normalized spacial score (nSPS) is 13.6. The molecule has 1 aromatic rings. The van der Waals surface area contributed by atoms with Crippen LogP contribution in [0.4, 0.5) is 0 Å². The molecule has 100 valence electrons. The van der Waals surface area contributed by atoms with Crippen LogP contribution in [0.3, 0.4) is 0 Å². The number of nitrogens with zero attached hydrogens (tertiary/aromatic N) is 1. The summed E-state index contributed by atoms with van der Waals surface area (Å²) in [4.78, 5) is 29.0. The zero-order valence-corrected chi connectivity index (χ0v) is 10.3. The molecule has 1 atom stereocenters. The van der Waals surface area contributed by atoms with Crippen LogP contribution in [0.2, 0.25) is 0 Å². The highest BCUT2D eigenvalue weighted by molar-refractivity contribution is 7.49. The van der Waals surface area contributed by atoms with Gasteiger partial charge in [0, 0.05) is 0 Å². The molecule has 0 aromatic heterocycles. The lowest BCUT2D eigenvalue weighted by Gasteiger charge is -2.26. The van der Waals surface area contributed by atoms with Crippen molar-refractivity contribution >= 4 is 13.7 Å². The third-order valence-corrected chi connectivity index (χ3v) is 3.47. The zero-order chi connectivity index (χ0) is 13.8. The van der Waals surface area contributed by atoms with Gasteiger partial charge in [0.15, 0.2) is 0 Å². The number of hydrogen-bond donors (Lipinski definition) is 4. The molecule has 0 saturated heterocycles. The second-order valence-corrected chi connectivity index (χ2v) is 5.18. The Balaban J connectivity index is 2.96. The molecular formula is C10H14NO6P. The summed E-state index contributed by atoms with van der Waals surface area (Å²) < 4.78 is 11.3. The lowest BCUT2D eigenvalue weighted by Crippen LogP contribution is -2.41. The quantitative estimate of drug-likeness (QED) is 0.427. The number of carboxylic acid groups (broad SMARTS) is 1. The third-order valence-electron chi connectivity index (χ3n) is 2.40. The first kappa shape index (κ1) is 14.8. The average molecular weight is 275 g/mol. The first-order valence-electron chi connectivity index (χ1n) is 5.06. The third kappa shape index (κ3) is 3.90. The van der Waals surface area contributed by atoms with E-state index < -0.39 is 26.5 Å². The highest BCUT2D eigenvalue weighted by atomic mass is 31.2. The van der Waals surface area contributed by atoms with Crippen LogP contribution >= 0.6 is 7.75 Å². The van der Waals surface area contributed by atoms with E-state index in [1.54, 1.807) is 30.3 Å². The SMILES string of the molecule is O=C(O)C(Cc1ccccc1)N(CO)P(=O)(O)O. The fourth-order valence-electron chi connectivity index (χ4n) is 1.52. The van der Waals surface area contributed by atoms with Gasteiger partial charge in [0.1, 0.15) is 12.8 Å². The van der Waals surface area contributed by atoms with Crippen LogP contribution in [-0.2, 0) is 15.8 Å². The van der Waals surface area contributed by atoms with Crippen LogP contribution in [0.15, 0.2) is 30.3 Å². The van der Waals surface area contributed by atoms with Crippen molar-refractivity contribution < 1.29 is 29.4 Å². The molecule has 0 saturated carbocycles. The van der Waals surface area contributed by atoms with Gasteiger partial charge in [-0.15, -0.1) is 0 Å². The van der Waals surface area contributed by atoms with E-state index in [1.165, 1.54) is 0 Å². The van der Waals surface area contributed by atoms with Crippen molar-refractivity contribution in [2.45, 2.75) is 12.5 Å². The van der Waals surface area contributed by atoms with E-state index in [0.717, 1.165) is 0 Å². The largest absolute Gasteiger partial charge is 0.480 e. The second kappa shape index (κ2) is 6.08. The maximum Gasteiger partial charge on any atom is 0.405 e. The lowest BCUT2D eigenvalue weighted by molar-refractivity contribution is -0.143. The van der Waals surface area contributed by atoms with Crippen molar-refractivity contribution in [3.63, 3.8) is 0 Å². The number of carbonyl (C=O) groups is 1. The molecule has 0 aliphatic rings. The molecule has 0 spiro atoms. The minimum absolute atomic E-state index is 0.109. The maximum absolute atomic E-state index is 11.1. The van der Waals surface area contributed by atoms with Crippen LogP contribution in [0.25, 0.3) is 0 Å². The minimum Gasteiger partial charge on any atom is -0.480 e. The molecule has 0 amide bonds. The van der Waals surface area contributed by atoms with Gasteiger partial charge in [-0.25, -0.2) is 4.57 Å². The predicted molar refractivity (Wildman–Crippen MR) is 62.5 cm³/mol. The summed E-state index contributed by atoms with van der Waals surface area (Å²) in [6.07, 6.45) is -0.109. The van der Waals surface area contributed by atoms with E-state index in [2.05, 4.69) is 0 Å². The molecule has 1 unspecified atom stereocenters. The molecule has 1 aromatic carbocycles. The van der Waals surface area contributed by atoms with Gasteiger partial charge in [-0.05, 0) is 12.0 Å². The summed E-state index contributed by atoms with van der Waals surface area (Å²) in [5, 5.41) is 17.9. The van der Waals surface area contributed by atoms with Crippen molar-refractivity contribution in [1.82, 2.24) is 4.67 Å². The average Bonchev–Trinajstić information content (AvgIpc) is 2.28. The Morgan fingerprint density at radius 3 is 2.22 bits per heavy atom. The second-order valence-electron chi connectivity index (χ2n) is 3.64. The Kier molecular flexibility index (Phi) is 5.01. The zero-order valence-electron chi connectivity index (χ0n) is 9.38. The van der Waals surface area contributed by atoms with Gasteiger partial charge in [0.25, 0.3) is 0 Å². The monoisotopic (exact) mass is 275 g/mol. The van der Waals surface area contributed by atoms with Gasteiger partial charge >= 0.3 is 13.7 Å². The summed E-state index contributed by atoms with van der Waals surface area (Å²) in [6.45, 7) is -1.03. The van der Waals surface area contributed by atoms with E-state index in [9.17, 15) is 9.36 Å². The van der Waals surface area contributed by atoms with Crippen molar-refractivity contribution in [3.05, 3.63) is 35.9 Å². The molecule has 0 aliphatic heterocycles. The van der Waals surface area contributed by atoms with E-state index in [4.69, 9.17) is 20.0 Å². The first-order valence-corrected chi connectivity index (χ1v) is 6.63. The molecule has 4 N–H and O–H groups in total. The fourth-order valence-corrected chi connectivity index (χ4v) is 2.23. The molecule has 8 heteroatoms. The van der Waals surface area contributed by atoms with E-state index >= 15 is 0 Å².